The minimum Gasteiger partial charge on any atom is -0.497 e. The number of rotatable bonds is 3. The highest BCUT2D eigenvalue weighted by Crippen LogP contribution is 2.30. The minimum atomic E-state index is -0.969. The molecule has 0 radical (unpaired) electrons. The van der Waals surface area contributed by atoms with Crippen molar-refractivity contribution in [2.75, 3.05) is 7.11 Å². The van der Waals surface area contributed by atoms with Crippen LogP contribution in [0.4, 0.5) is 0 Å². The summed E-state index contributed by atoms with van der Waals surface area (Å²) in [6, 6.07) is 9.03. The molecule has 2 heterocycles. The molecule has 0 aliphatic carbocycles. The fourth-order valence-electron chi connectivity index (χ4n) is 2.13. The molecule has 0 amide bonds. The van der Waals surface area contributed by atoms with Crippen molar-refractivity contribution in [2.24, 2.45) is 0 Å². The maximum Gasteiger partial charge on any atom is 0.352 e. The summed E-state index contributed by atoms with van der Waals surface area (Å²) in [4.78, 5) is 16.9. The van der Waals surface area contributed by atoms with E-state index in [1.165, 1.54) is 0 Å². The molecule has 19 heavy (non-hydrogen) atoms. The van der Waals surface area contributed by atoms with Crippen LogP contribution in [-0.4, -0.2) is 28.2 Å². The smallest absolute Gasteiger partial charge is 0.352 e. The molecule has 0 fully saturated rings. The summed E-state index contributed by atoms with van der Waals surface area (Å²) in [6.07, 6.45) is 1.85. The Morgan fingerprint density at radius 1 is 1.26 bits per heavy atom. The SMILES string of the molecule is COc1ccc2[nH]cc(-c3ccc(C(=O)O)[nH]3)c2c1. The second kappa shape index (κ2) is 4.20. The molecule has 0 bridgehead atoms. The third kappa shape index (κ3) is 1.85. The first kappa shape index (κ1) is 11.4. The number of methoxy groups -OCH3 is 1. The van der Waals surface area contributed by atoms with Gasteiger partial charge in [-0.3, -0.25) is 0 Å². The zero-order chi connectivity index (χ0) is 13.4. The summed E-state index contributed by atoms with van der Waals surface area (Å²) in [5.41, 5.74) is 2.83. The number of carbonyl (C=O) groups is 1. The molecule has 3 rings (SSSR count). The zero-order valence-corrected chi connectivity index (χ0v) is 10.2. The zero-order valence-electron chi connectivity index (χ0n) is 10.2. The Kier molecular flexibility index (Phi) is 2.52. The van der Waals surface area contributed by atoms with Gasteiger partial charge in [-0.1, -0.05) is 0 Å². The van der Waals surface area contributed by atoms with Gasteiger partial charge >= 0.3 is 5.97 Å². The first-order valence-corrected chi connectivity index (χ1v) is 5.77. The van der Waals surface area contributed by atoms with Crippen molar-refractivity contribution >= 4 is 16.9 Å². The molecular weight excluding hydrogens is 244 g/mol. The number of fused-ring (bicyclic) bond motifs is 1. The van der Waals surface area contributed by atoms with Crippen LogP contribution < -0.4 is 4.74 Å². The van der Waals surface area contributed by atoms with Gasteiger partial charge in [0.25, 0.3) is 0 Å². The van der Waals surface area contributed by atoms with E-state index in [0.29, 0.717) is 0 Å². The first-order valence-electron chi connectivity index (χ1n) is 5.77. The molecule has 0 aliphatic rings. The summed E-state index contributed by atoms with van der Waals surface area (Å²) in [5, 5.41) is 9.92. The van der Waals surface area contributed by atoms with Crippen molar-refractivity contribution in [1.29, 1.82) is 0 Å². The fraction of sp³-hybridized carbons (Fsp3) is 0.0714. The van der Waals surface area contributed by atoms with Crippen molar-refractivity contribution in [3.05, 3.63) is 42.2 Å². The molecule has 3 aromatic rings. The Bertz CT molecular complexity index is 755. The lowest BCUT2D eigenvalue weighted by molar-refractivity contribution is 0.0691. The topological polar surface area (TPSA) is 78.1 Å². The Hall–Kier alpha value is -2.69. The van der Waals surface area contributed by atoms with Gasteiger partial charge in [-0.05, 0) is 30.3 Å². The van der Waals surface area contributed by atoms with E-state index in [2.05, 4.69) is 9.97 Å². The predicted octanol–water partition coefficient (Wildman–Crippen LogP) is 2.87. The second-order valence-corrected chi connectivity index (χ2v) is 4.20. The van der Waals surface area contributed by atoms with Gasteiger partial charge in [-0.25, -0.2) is 4.79 Å². The number of hydrogen-bond acceptors (Lipinski definition) is 2. The van der Waals surface area contributed by atoms with Crippen LogP contribution in [0, 0.1) is 0 Å². The standard InChI is InChI=1S/C14H12N2O3/c1-19-8-2-3-11-9(6-8)10(7-15-11)12-4-5-13(16-12)14(17)18/h2-7,15-16H,1H3,(H,17,18). The van der Waals surface area contributed by atoms with Crippen molar-refractivity contribution in [3.63, 3.8) is 0 Å². The number of benzene rings is 1. The van der Waals surface area contributed by atoms with Gasteiger partial charge in [0.1, 0.15) is 11.4 Å². The molecule has 0 saturated carbocycles. The molecule has 1 aromatic carbocycles. The van der Waals surface area contributed by atoms with E-state index in [0.717, 1.165) is 27.9 Å². The first-order chi connectivity index (χ1) is 9.19. The lowest BCUT2D eigenvalue weighted by Crippen LogP contribution is -1.95. The van der Waals surface area contributed by atoms with Gasteiger partial charge in [0.05, 0.1) is 7.11 Å². The molecule has 0 unspecified atom stereocenters. The molecule has 5 heteroatoms. The van der Waals surface area contributed by atoms with E-state index in [-0.39, 0.29) is 5.69 Å². The fourth-order valence-corrected chi connectivity index (χ4v) is 2.13. The largest absolute Gasteiger partial charge is 0.497 e. The van der Waals surface area contributed by atoms with Crippen LogP contribution in [0.1, 0.15) is 10.5 Å². The monoisotopic (exact) mass is 256 g/mol. The van der Waals surface area contributed by atoms with E-state index in [1.54, 1.807) is 19.2 Å². The average Bonchev–Trinajstić information content (AvgIpc) is 3.03. The highest BCUT2D eigenvalue weighted by molar-refractivity contribution is 5.96. The summed E-state index contributed by atoms with van der Waals surface area (Å²) >= 11 is 0. The number of carboxylic acids is 1. The molecular formula is C14H12N2O3. The minimum absolute atomic E-state index is 0.173. The van der Waals surface area contributed by atoms with Gasteiger partial charge in [-0.2, -0.15) is 0 Å². The maximum absolute atomic E-state index is 10.9. The average molecular weight is 256 g/mol. The van der Waals surface area contributed by atoms with Gasteiger partial charge < -0.3 is 19.8 Å². The molecule has 3 N–H and O–H groups in total. The number of carboxylic acid groups (broad SMARTS) is 1. The van der Waals surface area contributed by atoms with Crippen LogP contribution in [0.2, 0.25) is 0 Å². The van der Waals surface area contributed by atoms with Crippen LogP contribution in [0.15, 0.2) is 36.5 Å². The van der Waals surface area contributed by atoms with Gasteiger partial charge in [0.15, 0.2) is 0 Å². The molecule has 5 nitrogen and oxygen atoms in total. The lowest BCUT2D eigenvalue weighted by Gasteiger charge is -2.00. The van der Waals surface area contributed by atoms with Crippen LogP contribution in [0.5, 0.6) is 5.75 Å². The van der Waals surface area contributed by atoms with Crippen LogP contribution in [-0.2, 0) is 0 Å². The van der Waals surface area contributed by atoms with E-state index in [1.807, 2.05) is 24.4 Å². The number of nitrogens with one attached hydrogen (secondary N) is 2. The van der Waals surface area contributed by atoms with Gasteiger partial charge in [0.2, 0.25) is 0 Å². The van der Waals surface area contributed by atoms with E-state index in [4.69, 9.17) is 9.84 Å². The highest BCUT2D eigenvalue weighted by Gasteiger charge is 2.11. The second-order valence-electron chi connectivity index (χ2n) is 4.20. The Morgan fingerprint density at radius 2 is 2.11 bits per heavy atom. The number of hydrogen-bond donors (Lipinski definition) is 3. The van der Waals surface area contributed by atoms with Crippen molar-refractivity contribution in [1.82, 2.24) is 9.97 Å². The molecule has 0 aliphatic heterocycles. The van der Waals surface area contributed by atoms with E-state index < -0.39 is 5.97 Å². The van der Waals surface area contributed by atoms with Gasteiger partial charge in [0, 0.05) is 28.4 Å². The molecule has 0 atom stereocenters. The predicted molar refractivity (Wildman–Crippen MR) is 71.6 cm³/mol. The quantitative estimate of drug-likeness (QED) is 0.674. The summed E-state index contributed by atoms with van der Waals surface area (Å²) in [5.74, 6) is -0.206. The maximum atomic E-state index is 10.9. The van der Waals surface area contributed by atoms with E-state index in [9.17, 15) is 4.79 Å². The lowest BCUT2D eigenvalue weighted by atomic mass is 10.1. The number of aromatic amines is 2. The van der Waals surface area contributed by atoms with Crippen molar-refractivity contribution in [2.45, 2.75) is 0 Å². The Balaban J connectivity index is 2.15. The Labute approximate surface area is 108 Å². The molecule has 2 aromatic heterocycles. The summed E-state index contributed by atoms with van der Waals surface area (Å²) < 4.78 is 5.21. The van der Waals surface area contributed by atoms with Crippen molar-refractivity contribution in [3.8, 4) is 17.0 Å². The van der Waals surface area contributed by atoms with E-state index >= 15 is 0 Å². The number of ether oxygens (including phenoxy) is 1. The van der Waals surface area contributed by atoms with Crippen LogP contribution >= 0.6 is 0 Å². The number of aromatic carboxylic acids is 1. The third-order valence-electron chi connectivity index (χ3n) is 3.10. The molecule has 0 saturated heterocycles. The van der Waals surface area contributed by atoms with Crippen LogP contribution in [0.3, 0.4) is 0 Å². The number of H-pyrrole nitrogens is 2. The number of aromatic nitrogens is 2. The third-order valence-corrected chi connectivity index (χ3v) is 3.10. The van der Waals surface area contributed by atoms with Gasteiger partial charge in [-0.15, -0.1) is 0 Å². The summed E-state index contributed by atoms with van der Waals surface area (Å²) in [7, 11) is 1.62. The summed E-state index contributed by atoms with van der Waals surface area (Å²) in [6.45, 7) is 0. The van der Waals surface area contributed by atoms with Crippen molar-refractivity contribution < 1.29 is 14.6 Å². The van der Waals surface area contributed by atoms with Crippen LogP contribution in [0.25, 0.3) is 22.2 Å². The highest BCUT2D eigenvalue weighted by atomic mass is 16.5. The molecule has 0 spiro atoms. The molecule has 96 valence electrons. The Morgan fingerprint density at radius 3 is 2.79 bits per heavy atom. The normalized spacial score (nSPS) is 10.8.